The largest absolute Gasteiger partial charge is 0.411 e. The molecule has 3 rings (SSSR count). The number of halogens is 3. The summed E-state index contributed by atoms with van der Waals surface area (Å²) in [5, 5.41) is 6.78. The Bertz CT molecular complexity index is 664. The molecule has 1 saturated heterocycles. The van der Waals surface area contributed by atoms with Crippen LogP contribution in [0.5, 0.6) is 0 Å². The quantitative estimate of drug-likeness (QED) is 0.748. The summed E-state index contributed by atoms with van der Waals surface area (Å²) in [5.41, 5.74) is 1.81. The number of piperidine rings is 1. The predicted octanol–water partition coefficient (Wildman–Crippen LogP) is 4.35. The van der Waals surface area contributed by atoms with Crippen molar-refractivity contribution in [2.75, 3.05) is 13.2 Å². The second-order valence-electron chi connectivity index (χ2n) is 6.47. The Kier molecular flexibility index (Phi) is 6.29. The summed E-state index contributed by atoms with van der Waals surface area (Å²) in [6.07, 6.45) is -3.35. The Morgan fingerprint density at radius 2 is 1.69 bits per heavy atom. The number of hydrogen-bond donors (Lipinski definition) is 2. The topological polar surface area (TPSA) is 33.3 Å². The molecule has 140 valence electrons. The van der Waals surface area contributed by atoms with Gasteiger partial charge < -0.3 is 10.1 Å². The normalized spacial score (nSPS) is 22.1. The van der Waals surface area contributed by atoms with Crippen molar-refractivity contribution >= 4 is 0 Å². The van der Waals surface area contributed by atoms with Gasteiger partial charge in [0.15, 0.2) is 0 Å². The molecule has 1 heterocycles. The van der Waals surface area contributed by atoms with Gasteiger partial charge in [-0.25, -0.2) is 0 Å². The number of rotatable bonds is 6. The van der Waals surface area contributed by atoms with Crippen LogP contribution in [0.15, 0.2) is 60.7 Å². The molecule has 1 aliphatic heterocycles. The van der Waals surface area contributed by atoms with Crippen molar-refractivity contribution in [2.45, 2.75) is 37.3 Å². The van der Waals surface area contributed by atoms with E-state index in [9.17, 15) is 13.2 Å². The van der Waals surface area contributed by atoms with Crippen LogP contribution in [-0.2, 0) is 4.74 Å². The zero-order chi connectivity index (χ0) is 18.4. The van der Waals surface area contributed by atoms with Gasteiger partial charge in [0.2, 0.25) is 0 Å². The molecule has 0 aromatic heterocycles. The average Bonchev–Trinajstić information content (AvgIpc) is 2.66. The zero-order valence-corrected chi connectivity index (χ0v) is 14.4. The lowest BCUT2D eigenvalue weighted by molar-refractivity contribution is -0.190. The minimum absolute atomic E-state index is 0.0235. The van der Waals surface area contributed by atoms with Crippen LogP contribution in [0.2, 0.25) is 0 Å². The van der Waals surface area contributed by atoms with Crippen molar-refractivity contribution in [2.24, 2.45) is 0 Å². The van der Waals surface area contributed by atoms with Crippen molar-refractivity contribution < 1.29 is 17.9 Å². The Morgan fingerprint density at radius 1 is 1.04 bits per heavy atom. The Balaban J connectivity index is 1.77. The molecule has 2 aromatic rings. The molecule has 0 saturated carbocycles. The summed E-state index contributed by atoms with van der Waals surface area (Å²) in [7, 11) is 0. The van der Waals surface area contributed by atoms with Crippen LogP contribution in [0, 0.1) is 0 Å². The van der Waals surface area contributed by atoms with E-state index in [0.29, 0.717) is 5.56 Å². The molecule has 0 amide bonds. The van der Waals surface area contributed by atoms with E-state index in [1.54, 1.807) is 24.3 Å². The minimum Gasteiger partial charge on any atom is -0.350 e. The monoisotopic (exact) mass is 364 g/mol. The number of nitrogens with one attached hydrogen (secondary N) is 2. The van der Waals surface area contributed by atoms with Gasteiger partial charge in [0.1, 0.15) is 12.8 Å². The highest BCUT2D eigenvalue weighted by molar-refractivity contribution is 5.22. The predicted molar refractivity (Wildman–Crippen MR) is 94.5 cm³/mol. The van der Waals surface area contributed by atoms with Gasteiger partial charge in [0, 0.05) is 12.1 Å². The molecule has 1 fully saturated rings. The average molecular weight is 364 g/mol. The van der Waals surface area contributed by atoms with Crippen molar-refractivity contribution in [3.8, 4) is 0 Å². The van der Waals surface area contributed by atoms with E-state index in [4.69, 9.17) is 4.74 Å². The van der Waals surface area contributed by atoms with Crippen molar-refractivity contribution in [1.29, 1.82) is 0 Å². The SMILES string of the molecule is FC(F)(F)COC(N[C@H]1CCCN[C@H]1c1ccccc1)c1ccccc1. The first-order valence-corrected chi connectivity index (χ1v) is 8.80. The molecule has 26 heavy (non-hydrogen) atoms. The summed E-state index contributed by atoms with van der Waals surface area (Å²) < 4.78 is 43.3. The highest BCUT2D eigenvalue weighted by atomic mass is 19.4. The van der Waals surface area contributed by atoms with Crippen molar-refractivity contribution in [3.05, 3.63) is 71.8 Å². The smallest absolute Gasteiger partial charge is 0.350 e. The van der Waals surface area contributed by atoms with E-state index in [-0.39, 0.29) is 12.1 Å². The van der Waals surface area contributed by atoms with Gasteiger partial charge in [0.25, 0.3) is 0 Å². The molecular formula is C20H23F3N2O. The van der Waals surface area contributed by atoms with E-state index in [0.717, 1.165) is 24.9 Å². The number of ether oxygens (including phenoxy) is 1. The first-order chi connectivity index (χ1) is 12.5. The van der Waals surface area contributed by atoms with E-state index in [1.165, 1.54) is 0 Å². The highest BCUT2D eigenvalue weighted by Crippen LogP contribution is 2.28. The van der Waals surface area contributed by atoms with E-state index < -0.39 is 19.0 Å². The van der Waals surface area contributed by atoms with Crippen LogP contribution < -0.4 is 10.6 Å². The highest BCUT2D eigenvalue weighted by Gasteiger charge is 2.32. The van der Waals surface area contributed by atoms with Gasteiger partial charge in [-0.15, -0.1) is 0 Å². The Morgan fingerprint density at radius 3 is 2.35 bits per heavy atom. The molecule has 0 spiro atoms. The second kappa shape index (κ2) is 8.66. The van der Waals surface area contributed by atoms with E-state index in [2.05, 4.69) is 10.6 Å². The van der Waals surface area contributed by atoms with Crippen molar-refractivity contribution in [3.63, 3.8) is 0 Å². The lowest BCUT2D eigenvalue weighted by Crippen LogP contribution is -2.48. The first kappa shape index (κ1) is 18.9. The van der Waals surface area contributed by atoms with Gasteiger partial charge in [-0.3, -0.25) is 5.32 Å². The van der Waals surface area contributed by atoms with Crippen LogP contribution in [0.3, 0.4) is 0 Å². The van der Waals surface area contributed by atoms with Crippen molar-refractivity contribution in [1.82, 2.24) is 10.6 Å². The number of benzene rings is 2. The minimum atomic E-state index is -4.36. The Hall–Kier alpha value is -1.89. The first-order valence-electron chi connectivity index (χ1n) is 8.80. The third-order valence-corrected chi connectivity index (χ3v) is 4.50. The maximum Gasteiger partial charge on any atom is 0.411 e. The molecule has 3 atom stereocenters. The van der Waals surface area contributed by atoms with Crippen LogP contribution in [0.1, 0.15) is 36.2 Å². The standard InChI is InChI=1S/C20H23F3N2O/c21-20(22,23)14-26-19(16-10-5-2-6-11-16)25-17-12-7-13-24-18(17)15-8-3-1-4-9-15/h1-6,8-11,17-19,24-25H,7,12-14H2/t17-,18-,19?/m0/s1. The summed E-state index contributed by atoms with van der Waals surface area (Å²) in [6.45, 7) is -0.396. The molecule has 0 aliphatic carbocycles. The summed E-state index contributed by atoms with van der Waals surface area (Å²) >= 11 is 0. The maximum absolute atomic E-state index is 12.7. The van der Waals surface area contributed by atoms with Gasteiger partial charge >= 0.3 is 6.18 Å². The number of alkyl halides is 3. The lowest BCUT2D eigenvalue weighted by atomic mass is 9.92. The van der Waals surface area contributed by atoms with Crippen LogP contribution in [-0.4, -0.2) is 25.4 Å². The lowest BCUT2D eigenvalue weighted by Gasteiger charge is -2.36. The summed E-state index contributed by atoms with van der Waals surface area (Å²) in [5.74, 6) is 0. The molecule has 0 radical (unpaired) electrons. The van der Waals surface area contributed by atoms with Crippen LogP contribution in [0.25, 0.3) is 0 Å². The molecule has 1 unspecified atom stereocenters. The molecule has 2 N–H and O–H groups in total. The van der Waals surface area contributed by atoms with Gasteiger partial charge in [-0.1, -0.05) is 60.7 Å². The summed E-state index contributed by atoms with van der Waals surface area (Å²) in [4.78, 5) is 0. The van der Waals surface area contributed by atoms with E-state index >= 15 is 0 Å². The zero-order valence-electron chi connectivity index (χ0n) is 14.4. The van der Waals surface area contributed by atoms with E-state index in [1.807, 2.05) is 36.4 Å². The molecule has 1 aliphatic rings. The Labute approximate surface area is 151 Å². The fourth-order valence-corrected chi connectivity index (χ4v) is 3.32. The van der Waals surface area contributed by atoms with Crippen LogP contribution in [0.4, 0.5) is 13.2 Å². The van der Waals surface area contributed by atoms with Gasteiger partial charge in [-0.05, 0) is 30.5 Å². The molecule has 3 nitrogen and oxygen atoms in total. The maximum atomic E-state index is 12.7. The molecule has 2 aromatic carbocycles. The third kappa shape index (κ3) is 5.30. The number of hydrogen-bond acceptors (Lipinski definition) is 3. The van der Waals surface area contributed by atoms with Gasteiger partial charge in [-0.2, -0.15) is 13.2 Å². The molecule has 0 bridgehead atoms. The fraction of sp³-hybridized carbons (Fsp3) is 0.400. The van der Waals surface area contributed by atoms with Crippen LogP contribution >= 0.6 is 0 Å². The molecular weight excluding hydrogens is 341 g/mol. The molecule has 6 heteroatoms. The summed E-state index contributed by atoms with van der Waals surface area (Å²) in [6, 6.07) is 19.0. The van der Waals surface area contributed by atoms with Gasteiger partial charge in [0.05, 0.1) is 0 Å². The fourth-order valence-electron chi connectivity index (χ4n) is 3.32. The second-order valence-corrected chi connectivity index (χ2v) is 6.47. The third-order valence-electron chi connectivity index (χ3n) is 4.50.